The Bertz CT molecular complexity index is 132. The summed E-state index contributed by atoms with van der Waals surface area (Å²) in [5, 5.41) is 3.34. The third-order valence-corrected chi connectivity index (χ3v) is 2.22. The van der Waals surface area contributed by atoms with Gasteiger partial charge in [0, 0.05) is 13.1 Å². The summed E-state index contributed by atoms with van der Waals surface area (Å²) in [5.74, 6) is 0. The number of hydrogen-bond acceptors (Lipinski definition) is 2. The van der Waals surface area contributed by atoms with E-state index in [9.17, 15) is 0 Å². The van der Waals surface area contributed by atoms with Gasteiger partial charge in [-0.2, -0.15) is 0 Å². The van der Waals surface area contributed by atoms with Gasteiger partial charge in [0.05, 0.1) is 0 Å². The fraction of sp³-hybridized carbons (Fsp3) is 0.800. The summed E-state index contributed by atoms with van der Waals surface area (Å²) in [7, 11) is 0. The maximum Gasteiger partial charge on any atom is 0.0163 e. The van der Waals surface area contributed by atoms with Crippen molar-refractivity contribution in [3.63, 3.8) is 0 Å². The number of hydrogen-bond donors (Lipinski definition) is 1. The van der Waals surface area contributed by atoms with Gasteiger partial charge in [0.25, 0.3) is 0 Å². The zero-order valence-electron chi connectivity index (χ0n) is 8.05. The van der Waals surface area contributed by atoms with Crippen molar-refractivity contribution in [2.45, 2.75) is 19.8 Å². The fourth-order valence-corrected chi connectivity index (χ4v) is 1.50. The lowest BCUT2D eigenvalue weighted by Gasteiger charge is -2.22. The second-order valence-electron chi connectivity index (χ2n) is 3.27. The minimum atomic E-state index is 1.10. The minimum absolute atomic E-state index is 1.10. The third kappa shape index (κ3) is 3.88. The largest absolute Gasteiger partial charge is 0.317 e. The Balaban J connectivity index is 1.95. The summed E-state index contributed by atoms with van der Waals surface area (Å²) < 4.78 is 0. The van der Waals surface area contributed by atoms with E-state index >= 15 is 0 Å². The Morgan fingerprint density at radius 2 is 2.33 bits per heavy atom. The highest BCUT2D eigenvalue weighted by atomic mass is 15.1. The molecule has 1 N–H and O–H groups in total. The van der Waals surface area contributed by atoms with E-state index in [0.29, 0.717) is 0 Å². The van der Waals surface area contributed by atoms with Crippen LogP contribution in [-0.2, 0) is 0 Å². The van der Waals surface area contributed by atoms with E-state index in [0.717, 1.165) is 19.6 Å². The van der Waals surface area contributed by atoms with Crippen LogP contribution < -0.4 is 5.32 Å². The SMILES string of the molecule is CCNCCCN1CC=CCC1. The standard InChI is InChI=1S/C10H20N2/c1-2-11-7-6-10-12-8-4-3-5-9-12/h3-4,11H,2,5-10H2,1H3. The number of nitrogens with one attached hydrogen (secondary N) is 1. The number of nitrogens with zero attached hydrogens (tertiary/aromatic N) is 1. The van der Waals surface area contributed by atoms with Crippen molar-refractivity contribution >= 4 is 0 Å². The minimum Gasteiger partial charge on any atom is -0.317 e. The quantitative estimate of drug-likeness (QED) is 0.491. The van der Waals surface area contributed by atoms with Gasteiger partial charge < -0.3 is 5.32 Å². The molecule has 2 heteroatoms. The van der Waals surface area contributed by atoms with E-state index in [1.165, 1.54) is 25.9 Å². The molecule has 12 heavy (non-hydrogen) atoms. The first-order valence-electron chi connectivity index (χ1n) is 5.01. The molecule has 0 bridgehead atoms. The summed E-state index contributed by atoms with van der Waals surface area (Å²) in [5.41, 5.74) is 0. The van der Waals surface area contributed by atoms with Crippen LogP contribution in [0, 0.1) is 0 Å². The van der Waals surface area contributed by atoms with Crippen LogP contribution in [0.2, 0.25) is 0 Å². The molecule has 0 aromatic carbocycles. The van der Waals surface area contributed by atoms with Gasteiger partial charge in [0.15, 0.2) is 0 Å². The molecule has 1 rings (SSSR count). The molecule has 0 spiro atoms. The van der Waals surface area contributed by atoms with Gasteiger partial charge in [-0.3, -0.25) is 4.90 Å². The molecule has 0 unspecified atom stereocenters. The maximum absolute atomic E-state index is 3.34. The molecule has 0 aliphatic carbocycles. The molecular formula is C10H20N2. The van der Waals surface area contributed by atoms with Crippen molar-refractivity contribution in [2.24, 2.45) is 0 Å². The molecule has 0 amide bonds. The van der Waals surface area contributed by atoms with Crippen molar-refractivity contribution in [1.29, 1.82) is 0 Å². The van der Waals surface area contributed by atoms with Crippen LogP contribution in [0.5, 0.6) is 0 Å². The molecular weight excluding hydrogens is 148 g/mol. The Hall–Kier alpha value is -0.340. The van der Waals surface area contributed by atoms with Crippen LogP contribution in [-0.4, -0.2) is 37.6 Å². The lowest BCUT2D eigenvalue weighted by atomic mass is 10.2. The van der Waals surface area contributed by atoms with Gasteiger partial charge >= 0.3 is 0 Å². The zero-order valence-corrected chi connectivity index (χ0v) is 8.05. The Labute approximate surface area is 75.6 Å². The van der Waals surface area contributed by atoms with Crippen molar-refractivity contribution in [1.82, 2.24) is 10.2 Å². The molecule has 0 fully saturated rings. The predicted octanol–water partition coefficient (Wildman–Crippen LogP) is 1.25. The van der Waals surface area contributed by atoms with E-state index in [1.807, 2.05) is 0 Å². The summed E-state index contributed by atoms with van der Waals surface area (Å²) in [6.07, 6.45) is 7.07. The average Bonchev–Trinajstić information content (AvgIpc) is 2.14. The first-order valence-corrected chi connectivity index (χ1v) is 5.01. The zero-order chi connectivity index (χ0) is 8.65. The summed E-state index contributed by atoms with van der Waals surface area (Å²) >= 11 is 0. The molecule has 0 saturated carbocycles. The molecule has 0 aromatic rings. The van der Waals surface area contributed by atoms with Gasteiger partial charge in [0.2, 0.25) is 0 Å². The molecule has 0 radical (unpaired) electrons. The molecule has 2 nitrogen and oxygen atoms in total. The van der Waals surface area contributed by atoms with Gasteiger partial charge in [-0.1, -0.05) is 19.1 Å². The van der Waals surface area contributed by atoms with E-state index in [1.54, 1.807) is 0 Å². The second-order valence-corrected chi connectivity index (χ2v) is 3.27. The lowest BCUT2D eigenvalue weighted by molar-refractivity contribution is 0.293. The van der Waals surface area contributed by atoms with Crippen molar-refractivity contribution in [2.75, 3.05) is 32.7 Å². The van der Waals surface area contributed by atoms with Gasteiger partial charge in [-0.15, -0.1) is 0 Å². The van der Waals surface area contributed by atoms with Gasteiger partial charge in [0.1, 0.15) is 0 Å². The highest BCUT2D eigenvalue weighted by Gasteiger charge is 2.03. The van der Waals surface area contributed by atoms with Crippen LogP contribution in [0.3, 0.4) is 0 Å². The van der Waals surface area contributed by atoms with Crippen LogP contribution >= 0.6 is 0 Å². The van der Waals surface area contributed by atoms with Crippen molar-refractivity contribution < 1.29 is 0 Å². The first-order chi connectivity index (χ1) is 5.93. The van der Waals surface area contributed by atoms with Crippen LogP contribution in [0.1, 0.15) is 19.8 Å². The predicted molar refractivity (Wildman–Crippen MR) is 53.4 cm³/mol. The summed E-state index contributed by atoms with van der Waals surface area (Å²) in [4.78, 5) is 2.51. The molecule has 1 aliphatic rings. The van der Waals surface area contributed by atoms with E-state index in [2.05, 4.69) is 29.3 Å². The van der Waals surface area contributed by atoms with Crippen LogP contribution in [0.25, 0.3) is 0 Å². The topological polar surface area (TPSA) is 15.3 Å². The second kappa shape index (κ2) is 6.21. The van der Waals surface area contributed by atoms with Crippen LogP contribution in [0.15, 0.2) is 12.2 Å². The molecule has 1 aliphatic heterocycles. The van der Waals surface area contributed by atoms with E-state index < -0.39 is 0 Å². The smallest absolute Gasteiger partial charge is 0.0163 e. The van der Waals surface area contributed by atoms with E-state index in [-0.39, 0.29) is 0 Å². The van der Waals surface area contributed by atoms with Crippen molar-refractivity contribution in [3.05, 3.63) is 12.2 Å². The molecule has 1 heterocycles. The molecule has 0 atom stereocenters. The maximum atomic E-state index is 3.34. The normalized spacial score (nSPS) is 18.4. The summed E-state index contributed by atoms with van der Waals surface area (Å²) in [6.45, 7) is 8.08. The highest BCUT2D eigenvalue weighted by Crippen LogP contribution is 2.00. The van der Waals surface area contributed by atoms with Gasteiger partial charge in [-0.05, 0) is 32.5 Å². The van der Waals surface area contributed by atoms with E-state index in [4.69, 9.17) is 0 Å². The van der Waals surface area contributed by atoms with Crippen molar-refractivity contribution in [3.8, 4) is 0 Å². The number of rotatable bonds is 5. The molecule has 0 aromatic heterocycles. The monoisotopic (exact) mass is 168 g/mol. The Morgan fingerprint density at radius 3 is 3.00 bits per heavy atom. The Kier molecular flexibility index (Phi) is 5.04. The Morgan fingerprint density at radius 1 is 1.42 bits per heavy atom. The first kappa shape index (κ1) is 9.75. The molecule has 0 saturated heterocycles. The summed E-state index contributed by atoms with van der Waals surface area (Å²) in [6, 6.07) is 0. The lowest BCUT2D eigenvalue weighted by Crippen LogP contribution is -2.30. The average molecular weight is 168 g/mol. The fourth-order valence-electron chi connectivity index (χ4n) is 1.50. The van der Waals surface area contributed by atoms with Crippen LogP contribution in [0.4, 0.5) is 0 Å². The third-order valence-electron chi connectivity index (χ3n) is 2.22. The molecule has 70 valence electrons. The van der Waals surface area contributed by atoms with Gasteiger partial charge in [-0.25, -0.2) is 0 Å². The highest BCUT2D eigenvalue weighted by molar-refractivity contribution is 4.90.